The van der Waals surface area contributed by atoms with Crippen molar-refractivity contribution >= 4 is 15.7 Å². The van der Waals surface area contributed by atoms with Gasteiger partial charge in [0.2, 0.25) is 10.0 Å². The normalized spacial score (nSPS) is 13.6. The van der Waals surface area contributed by atoms with Crippen molar-refractivity contribution in [3.05, 3.63) is 24.3 Å². The zero-order valence-electron chi connectivity index (χ0n) is 9.30. The van der Waals surface area contributed by atoms with Crippen molar-refractivity contribution in [2.45, 2.75) is 17.9 Å². The molecule has 1 atom stereocenters. The number of benzene rings is 1. The predicted molar refractivity (Wildman–Crippen MR) is 62.5 cm³/mol. The van der Waals surface area contributed by atoms with Gasteiger partial charge in [0.1, 0.15) is 0 Å². The molecule has 16 heavy (non-hydrogen) atoms. The van der Waals surface area contributed by atoms with Crippen molar-refractivity contribution in [3.8, 4) is 0 Å². The van der Waals surface area contributed by atoms with Crippen LogP contribution >= 0.6 is 0 Å². The molecule has 0 aliphatic rings. The molecule has 0 spiro atoms. The number of hydrogen-bond acceptors (Lipinski definition) is 4. The average Bonchev–Trinajstić information content (AvgIpc) is 2.26. The zero-order valence-corrected chi connectivity index (χ0v) is 10.1. The first-order valence-corrected chi connectivity index (χ1v) is 6.32. The number of sulfonamides is 1. The maximum atomic E-state index is 11.8. The first kappa shape index (κ1) is 13.0. The van der Waals surface area contributed by atoms with Crippen molar-refractivity contribution < 1.29 is 13.2 Å². The van der Waals surface area contributed by atoms with Gasteiger partial charge in [-0.05, 0) is 31.2 Å². The Labute approximate surface area is 95.7 Å². The first-order valence-electron chi connectivity index (χ1n) is 4.83. The van der Waals surface area contributed by atoms with E-state index < -0.39 is 10.0 Å². The summed E-state index contributed by atoms with van der Waals surface area (Å²) >= 11 is 0. The number of methoxy groups -OCH3 is 1. The lowest BCUT2D eigenvalue weighted by molar-refractivity contribution is 0.122. The topological polar surface area (TPSA) is 81.4 Å². The molecule has 6 heteroatoms. The van der Waals surface area contributed by atoms with Crippen molar-refractivity contribution in [2.75, 3.05) is 19.4 Å². The van der Waals surface area contributed by atoms with E-state index >= 15 is 0 Å². The summed E-state index contributed by atoms with van der Waals surface area (Å²) in [5.74, 6) is 0. The molecule has 1 unspecified atom stereocenters. The highest BCUT2D eigenvalue weighted by Gasteiger charge is 2.14. The fraction of sp³-hybridized carbons (Fsp3) is 0.400. The number of anilines is 1. The van der Waals surface area contributed by atoms with Crippen LogP contribution in [-0.4, -0.2) is 28.2 Å². The minimum Gasteiger partial charge on any atom is -0.399 e. The van der Waals surface area contributed by atoms with Gasteiger partial charge in [-0.15, -0.1) is 0 Å². The molecule has 0 saturated carbocycles. The van der Waals surface area contributed by atoms with Crippen molar-refractivity contribution in [1.82, 2.24) is 4.72 Å². The van der Waals surface area contributed by atoms with Crippen LogP contribution in [-0.2, 0) is 14.8 Å². The van der Waals surface area contributed by atoms with E-state index in [4.69, 9.17) is 10.5 Å². The van der Waals surface area contributed by atoms with Gasteiger partial charge in [-0.25, -0.2) is 13.1 Å². The van der Waals surface area contributed by atoms with E-state index in [-0.39, 0.29) is 17.5 Å². The van der Waals surface area contributed by atoms with Crippen LogP contribution in [0.4, 0.5) is 5.69 Å². The molecular formula is C10H16N2O3S. The molecule has 3 N–H and O–H groups in total. The quantitative estimate of drug-likeness (QED) is 0.742. The third kappa shape index (κ3) is 3.48. The summed E-state index contributed by atoms with van der Waals surface area (Å²) < 4.78 is 30.9. The van der Waals surface area contributed by atoms with Crippen LogP contribution in [0.5, 0.6) is 0 Å². The van der Waals surface area contributed by atoms with Gasteiger partial charge in [0.25, 0.3) is 0 Å². The molecule has 1 rings (SSSR count). The Morgan fingerprint density at radius 1 is 1.38 bits per heavy atom. The second kappa shape index (κ2) is 5.29. The molecule has 0 aliphatic carbocycles. The first-order chi connectivity index (χ1) is 7.45. The lowest BCUT2D eigenvalue weighted by Crippen LogP contribution is -2.31. The molecule has 0 aliphatic heterocycles. The van der Waals surface area contributed by atoms with Gasteiger partial charge in [0, 0.05) is 19.3 Å². The third-order valence-electron chi connectivity index (χ3n) is 2.15. The van der Waals surface area contributed by atoms with Gasteiger partial charge >= 0.3 is 0 Å². The van der Waals surface area contributed by atoms with E-state index in [2.05, 4.69) is 4.72 Å². The molecule has 0 saturated heterocycles. The van der Waals surface area contributed by atoms with Crippen LogP contribution < -0.4 is 10.5 Å². The predicted octanol–water partition coefficient (Wildman–Crippen LogP) is 0.582. The van der Waals surface area contributed by atoms with E-state index in [0.717, 1.165) is 0 Å². The van der Waals surface area contributed by atoms with Crippen molar-refractivity contribution in [3.63, 3.8) is 0 Å². The summed E-state index contributed by atoms with van der Waals surface area (Å²) in [6.07, 6.45) is -0.163. The van der Waals surface area contributed by atoms with E-state index in [0.29, 0.717) is 5.69 Å². The summed E-state index contributed by atoms with van der Waals surface area (Å²) in [6.45, 7) is 2.02. The Kier molecular flexibility index (Phi) is 4.28. The molecule has 0 amide bonds. The largest absolute Gasteiger partial charge is 0.399 e. The second-order valence-corrected chi connectivity index (χ2v) is 5.23. The number of nitrogens with two attached hydrogens (primary N) is 1. The highest BCUT2D eigenvalue weighted by atomic mass is 32.2. The lowest BCUT2D eigenvalue weighted by atomic mass is 10.3. The average molecular weight is 244 g/mol. The number of hydrogen-bond donors (Lipinski definition) is 2. The fourth-order valence-corrected chi connectivity index (χ4v) is 2.16. The summed E-state index contributed by atoms with van der Waals surface area (Å²) in [4.78, 5) is 0.199. The van der Waals surface area contributed by atoms with E-state index in [1.165, 1.54) is 19.2 Å². The molecule has 0 fully saturated rings. The van der Waals surface area contributed by atoms with E-state index in [9.17, 15) is 8.42 Å². The van der Waals surface area contributed by atoms with Gasteiger partial charge in [-0.1, -0.05) is 0 Å². The molecule has 0 radical (unpaired) electrons. The summed E-state index contributed by atoms with van der Waals surface area (Å²) in [7, 11) is -1.94. The SMILES string of the molecule is COC(C)CNS(=O)(=O)c1ccc(N)cc1. The van der Waals surface area contributed by atoms with Gasteiger partial charge in [0.05, 0.1) is 11.0 Å². The maximum absolute atomic E-state index is 11.8. The summed E-state index contributed by atoms with van der Waals surface area (Å²) in [5.41, 5.74) is 6.01. The summed E-state index contributed by atoms with van der Waals surface area (Å²) in [5, 5.41) is 0. The van der Waals surface area contributed by atoms with Crippen LogP contribution in [0, 0.1) is 0 Å². The fourth-order valence-electron chi connectivity index (χ4n) is 1.04. The Morgan fingerprint density at radius 3 is 2.44 bits per heavy atom. The molecule has 0 heterocycles. The number of nitrogen functional groups attached to an aromatic ring is 1. The summed E-state index contributed by atoms with van der Waals surface area (Å²) in [6, 6.07) is 6.03. The second-order valence-electron chi connectivity index (χ2n) is 3.47. The standard InChI is InChI=1S/C10H16N2O3S/c1-8(15-2)7-12-16(13,14)10-5-3-9(11)4-6-10/h3-6,8,12H,7,11H2,1-2H3. The van der Waals surface area contributed by atoms with E-state index in [1.807, 2.05) is 0 Å². The Bertz CT molecular complexity index is 428. The molecule has 5 nitrogen and oxygen atoms in total. The number of nitrogens with one attached hydrogen (secondary N) is 1. The molecule has 0 bridgehead atoms. The Hall–Kier alpha value is -1.11. The minimum absolute atomic E-state index is 0.163. The Balaban J connectivity index is 2.74. The van der Waals surface area contributed by atoms with Crippen LogP contribution in [0.25, 0.3) is 0 Å². The minimum atomic E-state index is -3.47. The van der Waals surface area contributed by atoms with Gasteiger partial charge < -0.3 is 10.5 Å². The maximum Gasteiger partial charge on any atom is 0.240 e. The van der Waals surface area contributed by atoms with Crippen LogP contribution in [0.1, 0.15) is 6.92 Å². The smallest absolute Gasteiger partial charge is 0.240 e. The van der Waals surface area contributed by atoms with Crippen LogP contribution in [0.15, 0.2) is 29.2 Å². The van der Waals surface area contributed by atoms with Crippen LogP contribution in [0.2, 0.25) is 0 Å². The lowest BCUT2D eigenvalue weighted by Gasteiger charge is -2.11. The van der Waals surface area contributed by atoms with Crippen LogP contribution in [0.3, 0.4) is 0 Å². The molecule has 1 aromatic carbocycles. The Morgan fingerprint density at radius 2 is 1.94 bits per heavy atom. The monoisotopic (exact) mass is 244 g/mol. The van der Waals surface area contributed by atoms with E-state index in [1.54, 1.807) is 19.1 Å². The molecule has 1 aromatic rings. The van der Waals surface area contributed by atoms with Gasteiger partial charge in [-0.2, -0.15) is 0 Å². The zero-order chi connectivity index (χ0) is 12.2. The molecule has 0 aromatic heterocycles. The van der Waals surface area contributed by atoms with Crippen molar-refractivity contribution in [2.24, 2.45) is 0 Å². The number of rotatable bonds is 5. The van der Waals surface area contributed by atoms with Gasteiger partial charge in [-0.3, -0.25) is 0 Å². The van der Waals surface area contributed by atoms with Crippen molar-refractivity contribution in [1.29, 1.82) is 0 Å². The highest BCUT2D eigenvalue weighted by molar-refractivity contribution is 7.89. The van der Waals surface area contributed by atoms with Gasteiger partial charge in [0.15, 0.2) is 0 Å². The highest BCUT2D eigenvalue weighted by Crippen LogP contribution is 2.11. The molecule has 90 valence electrons. The molecular weight excluding hydrogens is 228 g/mol. The third-order valence-corrected chi connectivity index (χ3v) is 3.59. The number of ether oxygens (including phenoxy) is 1.